The number of hydrogen-bond acceptors (Lipinski definition) is 5. The number of alkyl halides is 1. The molecule has 1 aromatic heterocycles. The van der Waals surface area contributed by atoms with Gasteiger partial charge in [0.1, 0.15) is 23.7 Å². The first-order chi connectivity index (χ1) is 16.7. The minimum Gasteiger partial charge on any atom is -0.502 e. The quantitative estimate of drug-likeness (QED) is 0.639. The third kappa shape index (κ3) is 3.49. The Morgan fingerprint density at radius 3 is 2.69 bits per heavy atom. The summed E-state index contributed by atoms with van der Waals surface area (Å²) in [6.07, 6.45) is 5.55. The normalized spacial score (nSPS) is 24.9. The van der Waals surface area contributed by atoms with Crippen LogP contribution in [0, 0.1) is 5.41 Å². The van der Waals surface area contributed by atoms with Gasteiger partial charge in [-0.15, -0.1) is 0 Å². The topological polar surface area (TPSA) is 94.9 Å². The van der Waals surface area contributed by atoms with Crippen LogP contribution in [0.2, 0.25) is 0 Å². The molecular weight excluding hydrogens is 458 g/mol. The van der Waals surface area contributed by atoms with Crippen molar-refractivity contribution >= 4 is 11.8 Å². The third-order valence-corrected chi connectivity index (χ3v) is 7.85. The molecule has 2 fully saturated rings. The summed E-state index contributed by atoms with van der Waals surface area (Å²) in [5, 5.41) is 15.1. The molecule has 0 aromatic carbocycles. The summed E-state index contributed by atoms with van der Waals surface area (Å²) in [5.41, 5.74) is -0.529. The molecule has 1 spiro atoms. The Balaban J connectivity index is 1.49. The Labute approximate surface area is 201 Å². The second-order valence-corrected chi connectivity index (χ2v) is 9.63. The van der Waals surface area contributed by atoms with E-state index < -0.39 is 41.2 Å². The maximum Gasteiger partial charge on any atom is 0.278 e. The minimum absolute atomic E-state index is 0.00131. The van der Waals surface area contributed by atoms with Crippen LogP contribution in [-0.4, -0.2) is 58.5 Å². The number of piperidine rings is 1. The molecule has 1 unspecified atom stereocenters. The van der Waals surface area contributed by atoms with Gasteiger partial charge in [-0.05, 0) is 43.3 Å². The molecule has 2 aliphatic carbocycles. The fraction of sp³-hybridized carbons (Fsp3) is 0.480. The summed E-state index contributed by atoms with van der Waals surface area (Å²) < 4.78 is 28.7. The number of aromatic nitrogens is 1. The number of hydrogen-bond donors (Lipinski definition) is 2. The van der Waals surface area contributed by atoms with E-state index in [1.807, 2.05) is 11.9 Å². The van der Waals surface area contributed by atoms with Crippen LogP contribution in [0.1, 0.15) is 59.9 Å². The van der Waals surface area contributed by atoms with E-state index >= 15 is 0 Å². The molecule has 3 heterocycles. The van der Waals surface area contributed by atoms with Crippen LogP contribution >= 0.6 is 0 Å². The number of allylic oxidation sites excluding steroid dienone is 2. The molecular formula is C25H28F2N4O4. The molecule has 1 saturated carbocycles. The lowest BCUT2D eigenvalue weighted by Crippen LogP contribution is -2.67. The van der Waals surface area contributed by atoms with Crippen molar-refractivity contribution < 1.29 is 23.5 Å². The van der Waals surface area contributed by atoms with Gasteiger partial charge in [0, 0.05) is 37.8 Å². The zero-order chi connectivity index (χ0) is 25.1. The Bertz CT molecular complexity index is 1250. The van der Waals surface area contributed by atoms with E-state index in [4.69, 9.17) is 0 Å². The third-order valence-electron chi connectivity index (χ3n) is 7.85. The van der Waals surface area contributed by atoms with Gasteiger partial charge in [-0.1, -0.05) is 19.1 Å². The van der Waals surface area contributed by atoms with Crippen molar-refractivity contribution in [2.45, 2.75) is 51.4 Å². The Morgan fingerprint density at radius 1 is 1.31 bits per heavy atom. The number of carbonyl (C=O) groups excluding carboxylic acids is 2. The van der Waals surface area contributed by atoms with Crippen molar-refractivity contribution in [1.82, 2.24) is 14.9 Å². The number of amides is 2. The fourth-order valence-corrected chi connectivity index (χ4v) is 5.64. The first-order valence-corrected chi connectivity index (χ1v) is 11.9. The Hall–Kier alpha value is -3.43. The lowest BCUT2D eigenvalue weighted by molar-refractivity contribution is 0.0442. The summed E-state index contributed by atoms with van der Waals surface area (Å²) in [6.45, 7) is 6.84. The summed E-state index contributed by atoms with van der Waals surface area (Å²) in [4.78, 5) is 40.7. The predicted octanol–water partition coefficient (Wildman–Crippen LogP) is 2.68. The lowest BCUT2D eigenvalue weighted by Gasteiger charge is -2.58. The first kappa shape index (κ1) is 23.3. The van der Waals surface area contributed by atoms with E-state index in [9.17, 15) is 28.3 Å². The molecule has 4 aliphatic rings. The van der Waals surface area contributed by atoms with Crippen LogP contribution in [0.25, 0.3) is 0 Å². The van der Waals surface area contributed by atoms with Gasteiger partial charge in [0.15, 0.2) is 11.4 Å². The van der Waals surface area contributed by atoms with Crippen molar-refractivity contribution in [3.63, 3.8) is 0 Å². The van der Waals surface area contributed by atoms with Gasteiger partial charge < -0.3 is 15.3 Å². The molecule has 1 saturated heterocycles. The van der Waals surface area contributed by atoms with E-state index in [1.54, 1.807) is 4.90 Å². The largest absolute Gasteiger partial charge is 0.502 e. The molecule has 2 amide bonds. The molecule has 2 aliphatic heterocycles. The van der Waals surface area contributed by atoms with Crippen molar-refractivity contribution in [3.8, 4) is 5.75 Å². The number of halogens is 2. The van der Waals surface area contributed by atoms with Gasteiger partial charge in [0.25, 0.3) is 11.8 Å². The first-order valence-electron chi connectivity index (χ1n) is 11.9. The number of fused-ring (bicyclic) bond motifs is 3. The molecule has 0 radical (unpaired) electrons. The van der Waals surface area contributed by atoms with Crippen LogP contribution in [0.5, 0.6) is 5.75 Å². The lowest BCUT2D eigenvalue weighted by atomic mass is 9.60. The second-order valence-electron chi connectivity index (χ2n) is 9.63. The van der Waals surface area contributed by atoms with Crippen molar-refractivity contribution in [2.75, 3.05) is 24.6 Å². The van der Waals surface area contributed by atoms with E-state index in [1.165, 1.54) is 16.9 Å². The number of nitrogens with one attached hydrogen (secondary N) is 1. The van der Waals surface area contributed by atoms with E-state index in [0.717, 1.165) is 37.3 Å². The summed E-state index contributed by atoms with van der Waals surface area (Å²) in [6, 6.07) is 0. The average Bonchev–Trinajstić information content (AvgIpc) is 2.80. The highest BCUT2D eigenvalue weighted by Gasteiger charge is 2.52. The zero-order valence-corrected chi connectivity index (χ0v) is 19.5. The Morgan fingerprint density at radius 2 is 2.06 bits per heavy atom. The summed E-state index contributed by atoms with van der Waals surface area (Å²) in [5.74, 6) is -2.91. The smallest absolute Gasteiger partial charge is 0.278 e. The van der Waals surface area contributed by atoms with E-state index in [-0.39, 0.29) is 35.2 Å². The summed E-state index contributed by atoms with van der Waals surface area (Å²) in [7, 11) is 0. The molecule has 10 heteroatoms. The van der Waals surface area contributed by atoms with Crippen LogP contribution in [0.15, 0.2) is 46.7 Å². The molecule has 0 bridgehead atoms. The zero-order valence-electron chi connectivity index (χ0n) is 19.5. The highest BCUT2D eigenvalue weighted by Crippen LogP contribution is 2.54. The van der Waals surface area contributed by atoms with Gasteiger partial charge >= 0.3 is 0 Å². The predicted molar refractivity (Wildman–Crippen MR) is 125 cm³/mol. The van der Waals surface area contributed by atoms with Gasteiger partial charge in [0.05, 0.1) is 0 Å². The molecule has 186 valence electrons. The highest BCUT2D eigenvalue weighted by atomic mass is 19.1. The van der Waals surface area contributed by atoms with Crippen molar-refractivity contribution in [1.29, 1.82) is 0 Å². The minimum atomic E-state index is -1.41. The SMILES string of the molecule is C=C1[C@H]2N(CC)C(=O)c3c(O)c(=O)c(C(=O)NCC4=CCC(F)C=C4F)cn3N2CCC12CCC2. The van der Waals surface area contributed by atoms with Gasteiger partial charge in [-0.25, -0.2) is 8.78 Å². The molecule has 1 aromatic rings. The summed E-state index contributed by atoms with van der Waals surface area (Å²) >= 11 is 0. The Kier molecular flexibility index (Phi) is 5.56. The highest BCUT2D eigenvalue weighted by molar-refractivity contribution is 5.99. The molecule has 2 N–H and O–H groups in total. The van der Waals surface area contributed by atoms with Gasteiger partial charge in [0.2, 0.25) is 5.43 Å². The van der Waals surface area contributed by atoms with Crippen LogP contribution in [0.3, 0.4) is 0 Å². The maximum atomic E-state index is 14.0. The van der Waals surface area contributed by atoms with E-state index in [0.29, 0.717) is 13.1 Å². The standard InChI is InChI=1S/C25H28F2N4O4/c1-3-29-23-14(2)25(7-4-8-25)9-10-30(23)31-13-17(20(32)21(33)19(31)24(29)35)22(34)28-12-15-5-6-16(26)11-18(15)27/h5,11,13,16,23,33H,2-4,6-10,12H2,1H3,(H,28,34)/t16?,23-/m0/s1. The number of carbonyl (C=O) groups is 2. The second kappa shape index (κ2) is 8.35. The average molecular weight is 487 g/mol. The van der Waals surface area contributed by atoms with Crippen LogP contribution in [0.4, 0.5) is 8.78 Å². The van der Waals surface area contributed by atoms with Gasteiger partial charge in [-0.3, -0.25) is 24.1 Å². The van der Waals surface area contributed by atoms with Crippen LogP contribution in [-0.2, 0) is 0 Å². The number of nitrogens with zero attached hydrogens (tertiary/aromatic N) is 3. The van der Waals surface area contributed by atoms with Crippen molar-refractivity contribution in [2.24, 2.45) is 5.41 Å². The number of aromatic hydroxyl groups is 1. The molecule has 5 rings (SSSR count). The molecule has 2 atom stereocenters. The number of rotatable bonds is 4. The number of likely N-dealkylation sites (N-methyl/N-ethyl adjacent to an activating group) is 1. The van der Waals surface area contributed by atoms with E-state index in [2.05, 4.69) is 11.9 Å². The monoisotopic (exact) mass is 486 g/mol. The van der Waals surface area contributed by atoms with Crippen molar-refractivity contribution in [3.05, 3.63) is 63.4 Å². The fourth-order valence-electron chi connectivity index (χ4n) is 5.64. The molecule has 35 heavy (non-hydrogen) atoms. The van der Waals surface area contributed by atoms with Crippen LogP contribution < -0.4 is 15.8 Å². The maximum absolute atomic E-state index is 14.0. The van der Waals surface area contributed by atoms with Gasteiger partial charge in [-0.2, -0.15) is 0 Å². The molecule has 8 nitrogen and oxygen atoms in total. The number of pyridine rings is 1.